The Labute approximate surface area is 199 Å². The maximum absolute atomic E-state index is 14.3. The zero-order valence-electron chi connectivity index (χ0n) is 18.7. The third-order valence-corrected chi connectivity index (χ3v) is 6.19. The first-order valence-electron chi connectivity index (χ1n) is 11.3. The number of ether oxygens (including phenoxy) is 1. The average molecular weight is 486 g/mol. The van der Waals surface area contributed by atoms with Gasteiger partial charge in [-0.05, 0) is 49.2 Å². The number of anilines is 1. The van der Waals surface area contributed by atoms with Gasteiger partial charge in [-0.2, -0.15) is 18.2 Å². The highest BCUT2D eigenvalue weighted by Gasteiger charge is 2.32. The van der Waals surface area contributed by atoms with Gasteiger partial charge in [0, 0.05) is 31.6 Å². The van der Waals surface area contributed by atoms with Crippen molar-refractivity contribution >= 4 is 11.9 Å². The van der Waals surface area contributed by atoms with E-state index in [1.54, 1.807) is 12.1 Å². The summed E-state index contributed by atoms with van der Waals surface area (Å²) in [6.45, 7) is 2.06. The molecule has 2 aliphatic rings. The van der Waals surface area contributed by atoms with Crippen LogP contribution in [0.15, 0.2) is 48.5 Å². The zero-order chi connectivity index (χ0) is 24.6. The fourth-order valence-corrected chi connectivity index (χ4v) is 4.30. The topological polar surface area (TPSA) is 58.6 Å². The Morgan fingerprint density at radius 3 is 2.34 bits per heavy atom. The molecule has 0 atom stereocenters. The van der Waals surface area contributed by atoms with Crippen LogP contribution in [0.25, 0.3) is 0 Å². The van der Waals surface area contributed by atoms with Crippen molar-refractivity contribution in [1.82, 2.24) is 14.9 Å². The molecule has 10 heteroatoms. The van der Waals surface area contributed by atoms with Gasteiger partial charge in [0.05, 0.1) is 23.4 Å². The Morgan fingerprint density at radius 1 is 0.943 bits per heavy atom. The van der Waals surface area contributed by atoms with E-state index in [-0.39, 0.29) is 23.7 Å². The van der Waals surface area contributed by atoms with Crippen molar-refractivity contribution in [3.8, 4) is 11.6 Å². The molecule has 2 aliphatic heterocycles. The number of alkyl halides is 3. The van der Waals surface area contributed by atoms with Gasteiger partial charge < -0.3 is 14.5 Å². The Kier molecular flexibility index (Phi) is 6.04. The summed E-state index contributed by atoms with van der Waals surface area (Å²) >= 11 is 0. The van der Waals surface area contributed by atoms with E-state index in [1.807, 2.05) is 4.90 Å². The van der Waals surface area contributed by atoms with Gasteiger partial charge in [0.2, 0.25) is 11.8 Å². The van der Waals surface area contributed by atoms with Crippen molar-refractivity contribution in [2.24, 2.45) is 0 Å². The van der Waals surface area contributed by atoms with Crippen LogP contribution in [0, 0.1) is 5.82 Å². The van der Waals surface area contributed by atoms with Crippen LogP contribution in [0.5, 0.6) is 11.6 Å². The van der Waals surface area contributed by atoms with Gasteiger partial charge in [0.1, 0.15) is 0 Å². The lowest BCUT2D eigenvalue weighted by molar-refractivity contribution is -0.137. The number of hydrogen-bond donors (Lipinski definition) is 0. The molecule has 1 saturated heterocycles. The molecule has 0 aliphatic carbocycles. The maximum atomic E-state index is 14.3. The summed E-state index contributed by atoms with van der Waals surface area (Å²) in [5.74, 6) is -0.269. The number of nitrogens with zero attached hydrogens (tertiary/aromatic N) is 4. The molecule has 182 valence electrons. The molecule has 0 N–H and O–H groups in total. The molecule has 0 unspecified atom stereocenters. The number of fused-ring (bicyclic) bond motifs is 1. The second-order valence-electron chi connectivity index (χ2n) is 8.53. The van der Waals surface area contributed by atoms with Gasteiger partial charge in [0.25, 0.3) is 5.91 Å². The van der Waals surface area contributed by atoms with Crippen molar-refractivity contribution in [3.05, 3.63) is 76.7 Å². The number of carbonyl (C=O) groups excluding carboxylic acids is 1. The fraction of sp³-hybridized carbons (Fsp3) is 0.320. The monoisotopic (exact) mass is 486 g/mol. The number of para-hydroxylation sites is 1. The van der Waals surface area contributed by atoms with Crippen molar-refractivity contribution in [1.29, 1.82) is 0 Å². The quantitative estimate of drug-likeness (QED) is 0.473. The predicted octanol–water partition coefficient (Wildman–Crippen LogP) is 5.23. The number of benzene rings is 2. The van der Waals surface area contributed by atoms with Crippen molar-refractivity contribution in [2.75, 3.05) is 24.5 Å². The number of halogens is 4. The predicted molar refractivity (Wildman–Crippen MR) is 120 cm³/mol. The molecule has 3 aromatic rings. The minimum atomic E-state index is -4.48. The van der Waals surface area contributed by atoms with Gasteiger partial charge in [-0.15, -0.1) is 0 Å². The number of hydrogen-bond acceptors (Lipinski definition) is 5. The van der Waals surface area contributed by atoms with Gasteiger partial charge in [-0.3, -0.25) is 4.79 Å². The van der Waals surface area contributed by atoms with Crippen LogP contribution in [-0.4, -0.2) is 40.4 Å². The third kappa shape index (κ3) is 4.78. The highest BCUT2D eigenvalue weighted by molar-refractivity contribution is 5.94. The van der Waals surface area contributed by atoms with Crippen molar-refractivity contribution < 1.29 is 27.1 Å². The SMILES string of the molecule is O=C(c1ccc(C(F)(F)F)cc1)N1CCc2nc(N3CCCC3)nc(Oc3ccccc3F)c2C1. The van der Waals surface area contributed by atoms with E-state index in [0.29, 0.717) is 30.2 Å². The van der Waals surface area contributed by atoms with Gasteiger partial charge in [-0.25, -0.2) is 9.37 Å². The molecule has 1 aromatic heterocycles. The molecule has 1 amide bonds. The Morgan fingerprint density at radius 2 is 1.66 bits per heavy atom. The van der Waals surface area contributed by atoms with Crippen LogP contribution in [0.3, 0.4) is 0 Å². The number of aromatic nitrogens is 2. The highest BCUT2D eigenvalue weighted by atomic mass is 19.4. The summed E-state index contributed by atoms with van der Waals surface area (Å²) in [6.07, 6.45) is -2.01. The van der Waals surface area contributed by atoms with Crippen LogP contribution >= 0.6 is 0 Å². The molecule has 0 saturated carbocycles. The Hall–Kier alpha value is -3.69. The van der Waals surface area contributed by atoms with E-state index >= 15 is 0 Å². The smallest absolute Gasteiger partial charge is 0.416 e. The van der Waals surface area contributed by atoms with E-state index in [4.69, 9.17) is 9.72 Å². The lowest BCUT2D eigenvalue weighted by atomic mass is 10.0. The summed E-state index contributed by atoms with van der Waals surface area (Å²) in [4.78, 5) is 25.9. The molecule has 1 fully saturated rings. The normalized spacial score (nSPS) is 15.8. The molecule has 35 heavy (non-hydrogen) atoms. The second kappa shape index (κ2) is 9.16. The zero-order valence-corrected chi connectivity index (χ0v) is 18.7. The third-order valence-electron chi connectivity index (χ3n) is 6.19. The van der Waals surface area contributed by atoms with Crippen LogP contribution in [0.1, 0.15) is 40.0 Å². The summed E-state index contributed by atoms with van der Waals surface area (Å²) in [5.41, 5.74) is 0.599. The number of amides is 1. The minimum absolute atomic E-state index is 0.00645. The van der Waals surface area contributed by atoms with Gasteiger partial charge in [-0.1, -0.05) is 12.1 Å². The Bertz CT molecular complexity index is 1240. The fourth-order valence-electron chi connectivity index (χ4n) is 4.30. The lowest BCUT2D eigenvalue weighted by Gasteiger charge is -2.30. The lowest BCUT2D eigenvalue weighted by Crippen LogP contribution is -2.37. The second-order valence-corrected chi connectivity index (χ2v) is 8.53. The molecular formula is C25H22F4N4O2. The van der Waals surface area contributed by atoms with E-state index in [9.17, 15) is 22.4 Å². The van der Waals surface area contributed by atoms with Crippen LogP contribution < -0.4 is 9.64 Å². The van der Waals surface area contributed by atoms with Crippen LogP contribution in [-0.2, 0) is 19.1 Å². The van der Waals surface area contributed by atoms with Gasteiger partial charge >= 0.3 is 6.18 Å². The number of rotatable bonds is 4. The summed E-state index contributed by atoms with van der Waals surface area (Å²) in [6, 6.07) is 10.1. The van der Waals surface area contributed by atoms with Crippen molar-refractivity contribution in [2.45, 2.75) is 32.0 Å². The maximum Gasteiger partial charge on any atom is 0.416 e. The molecule has 6 nitrogen and oxygen atoms in total. The van der Waals surface area contributed by atoms with Crippen molar-refractivity contribution in [3.63, 3.8) is 0 Å². The largest absolute Gasteiger partial charge is 0.435 e. The summed E-state index contributed by atoms with van der Waals surface area (Å²) < 4.78 is 58.9. The Balaban J connectivity index is 1.45. The van der Waals surface area contributed by atoms with E-state index in [0.717, 1.165) is 38.1 Å². The number of carbonyl (C=O) groups is 1. The first-order chi connectivity index (χ1) is 16.8. The minimum Gasteiger partial charge on any atom is -0.435 e. The average Bonchev–Trinajstić information content (AvgIpc) is 3.39. The van der Waals surface area contributed by atoms with Gasteiger partial charge in [0.15, 0.2) is 11.6 Å². The molecular weight excluding hydrogens is 464 g/mol. The first kappa shape index (κ1) is 23.1. The summed E-state index contributed by atoms with van der Waals surface area (Å²) in [7, 11) is 0. The molecule has 0 radical (unpaired) electrons. The summed E-state index contributed by atoms with van der Waals surface area (Å²) in [5, 5.41) is 0. The first-order valence-corrected chi connectivity index (χ1v) is 11.3. The molecule has 5 rings (SSSR count). The molecule has 2 aromatic carbocycles. The molecule has 0 bridgehead atoms. The highest BCUT2D eigenvalue weighted by Crippen LogP contribution is 2.34. The van der Waals surface area contributed by atoms with E-state index < -0.39 is 23.5 Å². The van der Waals surface area contributed by atoms with E-state index in [2.05, 4.69) is 4.98 Å². The standard InChI is InChI=1S/C25H22F4N4O2/c26-19-5-1-2-6-21(19)35-22-18-15-33(23(34)16-7-9-17(10-8-16)25(27,28)29)14-11-20(18)30-24(31-22)32-12-3-4-13-32/h1-2,5-10H,3-4,11-15H2. The van der Waals surface area contributed by atoms with Crippen LogP contribution in [0.4, 0.5) is 23.5 Å². The van der Waals surface area contributed by atoms with Crippen LogP contribution in [0.2, 0.25) is 0 Å². The molecule has 3 heterocycles. The van der Waals surface area contributed by atoms with E-state index in [1.165, 1.54) is 29.2 Å². The molecule has 0 spiro atoms.